The highest BCUT2D eigenvalue weighted by atomic mass is 32.2. The van der Waals surface area contributed by atoms with Crippen LogP contribution in [0.2, 0.25) is 17.5 Å². The molecular formula is C84H80B2N4OS. The molecule has 0 spiro atoms. The number of para-hydroxylation sites is 6. The fourth-order valence-electron chi connectivity index (χ4n) is 20.0. The minimum absolute atomic E-state index is 0.0389. The SMILES string of the molecule is C1=C2B3c4ccccc4OC4CC(N(C5CC=C(c6ccccc6)CC5)C5CCCC(c6ccccc6)C5)CC(C34)N(c3ccccc3-c3ccccc3)C2=CC2SC3CC(N(c4ccccc4)c4ccccc4)CC4C3B(c3ccccc3N4c3ccccc3)C12. The van der Waals surface area contributed by atoms with E-state index in [-0.39, 0.29) is 42.0 Å². The van der Waals surface area contributed by atoms with Gasteiger partial charge in [0.2, 0.25) is 6.71 Å². The Kier molecular flexibility index (Phi) is 14.8. The molecule has 3 saturated carbocycles. The van der Waals surface area contributed by atoms with E-state index in [0.29, 0.717) is 47.6 Å². The van der Waals surface area contributed by atoms with Gasteiger partial charge >= 0.3 is 0 Å². The van der Waals surface area contributed by atoms with Crippen molar-refractivity contribution in [3.8, 4) is 16.9 Å². The van der Waals surface area contributed by atoms with Crippen molar-refractivity contribution < 1.29 is 4.74 Å². The van der Waals surface area contributed by atoms with Gasteiger partial charge in [-0.1, -0.05) is 230 Å². The number of hydrogen-bond donors (Lipinski definition) is 0. The summed E-state index contributed by atoms with van der Waals surface area (Å²) in [4.78, 5) is 11.7. The molecule has 0 radical (unpaired) electrons. The molecule has 0 aromatic heterocycles. The first-order chi connectivity index (χ1) is 45.6. The van der Waals surface area contributed by atoms with E-state index in [1.807, 2.05) is 0 Å². The third-order valence-corrected chi connectivity index (χ3v) is 25.1. The highest BCUT2D eigenvalue weighted by molar-refractivity contribution is 8.01. The van der Waals surface area contributed by atoms with Crippen LogP contribution in [0.5, 0.6) is 5.75 Å². The first-order valence-corrected chi connectivity index (χ1v) is 35.8. The first-order valence-electron chi connectivity index (χ1n) is 34.8. The summed E-state index contributed by atoms with van der Waals surface area (Å²) in [5.74, 6) is 2.62. The maximum absolute atomic E-state index is 7.78. The van der Waals surface area contributed by atoms with Gasteiger partial charge in [0.25, 0.3) is 0 Å². The first kappa shape index (κ1) is 56.6. The Morgan fingerprint density at radius 2 is 1.10 bits per heavy atom. The molecule has 5 fully saturated rings. The van der Waals surface area contributed by atoms with Crippen molar-refractivity contribution in [3.05, 3.63) is 295 Å². The molecular weight excluding hydrogens is 1130 g/mol. The zero-order valence-electron chi connectivity index (χ0n) is 52.5. The lowest BCUT2D eigenvalue weighted by Crippen LogP contribution is -2.68. The second kappa shape index (κ2) is 24.1. The summed E-state index contributed by atoms with van der Waals surface area (Å²) in [5, 5.41) is 0.656. The standard InChI is InChI=1S/C84H80B2N4OS/c1-7-26-57(27-8-1)59-46-48-65(49-47-59)88(66-39-25-32-61(50-66)58-28-9-2-10-29-58)67-51-77-83-80(53-67)91-79-45-24-21-42-71(79)86(83)72-55-73-81(56-76(72)90(77)74-43-22-19-40-69(74)60-30-11-3-12-31-60)92-82-54-68(87(62-33-13-4-14-34-62)63-35-15-5-16-36-63)52-78-84(82)85(73)70-41-20-23-44-75(70)89(78)64-37-17-6-18-38-64/h1-24,26-31,33-38,40-46,55-56,61,65-68,73,77-78,80-84H,25,32,39,47-54H2. The largest absolute Gasteiger partial charge is 0.491 e. The highest BCUT2D eigenvalue weighted by Crippen LogP contribution is 2.62. The van der Waals surface area contributed by atoms with Gasteiger partial charge in [-0.2, -0.15) is 11.8 Å². The third kappa shape index (κ3) is 9.87. The van der Waals surface area contributed by atoms with Crippen molar-refractivity contribution in [1.29, 1.82) is 0 Å². The number of thioether (sulfide) groups is 1. The Labute approximate surface area is 550 Å². The second-order valence-corrected chi connectivity index (χ2v) is 29.5. The Morgan fingerprint density at radius 1 is 0.478 bits per heavy atom. The number of nitrogens with zero attached hydrogens (tertiary/aromatic N) is 4. The smallest absolute Gasteiger partial charge is 0.225 e. The average Bonchev–Trinajstić information content (AvgIpc) is 0.697. The molecule has 18 rings (SSSR count). The summed E-state index contributed by atoms with van der Waals surface area (Å²) in [6.07, 6.45) is 21.1. The molecule has 13 unspecified atom stereocenters. The van der Waals surface area contributed by atoms with Crippen LogP contribution in [0.25, 0.3) is 16.7 Å². The molecule has 0 amide bonds. The molecule has 0 N–H and O–H groups in total. The predicted octanol–water partition coefficient (Wildman–Crippen LogP) is 18.4. The van der Waals surface area contributed by atoms with E-state index in [1.165, 1.54) is 110 Å². The van der Waals surface area contributed by atoms with Crippen LogP contribution in [-0.4, -0.2) is 71.2 Å². The van der Waals surface area contributed by atoms with Crippen molar-refractivity contribution >= 4 is 70.1 Å². The topological polar surface area (TPSA) is 22.2 Å². The lowest BCUT2D eigenvalue weighted by Gasteiger charge is -2.62. The molecule has 5 aliphatic carbocycles. The monoisotopic (exact) mass is 1210 g/mol. The minimum Gasteiger partial charge on any atom is -0.491 e. The molecule has 2 saturated heterocycles. The molecule has 0 bridgehead atoms. The Hall–Kier alpha value is -8.16. The van der Waals surface area contributed by atoms with Crippen LogP contribution in [0.4, 0.5) is 28.4 Å². The number of benzene rings is 9. The molecule has 8 heteroatoms. The number of anilines is 5. The summed E-state index contributed by atoms with van der Waals surface area (Å²) in [6.45, 7) is 0.528. The van der Waals surface area contributed by atoms with E-state index < -0.39 is 0 Å². The van der Waals surface area contributed by atoms with Crippen molar-refractivity contribution in [2.75, 3.05) is 14.7 Å². The molecule has 9 aromatic rings. The van der Waals surface area contributed by atoms with Gasteiger partial charge in [0, 0.05) is 92.3 Å². The van der Waals surface area contributed by atoms with Gasteiger partial charge in [0.15, 0.2) is 6.71 Å². The van der Waals surface area contributed by atoms with Gasteiger partial charge in [-0.3, -0.25) is 4.90 Å². The van der Waals surface area contributed by atoms with Crippen molar-refractivity contribution in [2.24, 2.45) is 0 Å². The predicted molar refractivity (Wildman–Crippen MR) is 388 cm³/mol. The zero-order chi connectivity index (χ0) is 60.6. The number of fused-ring (bicyclic) bond motifs is 8. The summed E-state index contributed by atoms with van der Waals surface area (Å²) < 4.78 is 7.78. The molecule has 454 valence electrons. The Morgan fingerprint density at radius 3 is 1.83 bits per heavy atom. The Bertz CT molecular complexity index is 4170. The van der Waals surface area contributed by atoms with Gasteiger partial charge in [-0.25, -0.2) is 0 Å². The molecule has 9 aromatic carbocycles. The average molecular weight is 1220 g/mol. The van der Waals surface area contributed by atoms with Gasteiger partial charge < -0.3 is 19.4 Å². The van der Waals surface area contributed by atoms with Crippen molar-refractivity contribution in [2.45, 2.75) is 147 Å². The van der Waals surface area contributed by atoms with Gasteiger partial charge in [0.05, 0.1) is 6.10 Å². The maximum Gasteiger partial charge on any atom is 0.225 e. The van der Waals surface area contributed by atoms with Crippen molar-refractivity contribution in [1.82, 2.24) is 4.90 Å². The van der Waals surface area contributed by atoms with Crippen molar-refractivity contribution in [3.63, 3.8) is 0 Å². The minimum atomic E-state index is 0.0389. The van der Waals surface area contributed by atoms with Crippen LogP contribution in [0, 0.1) is 0 Å². The van der Waals surface area contributed by atoms with Crippen LogP contribution in [-0.2, 0) is 0 Å². The molecule has 13 atom stereocenters. The van der Waals surface area contributed by atoms with E-state index in [9.17, 15) is 0 Å². The molecule has 9 aliphatic rings. The number of ether oxygens (including phenoxy) is 1. The van der Waals surface area contributed by atoms with Crippen LogP contribution in [0.1, 0.15) is 87.7 Å². The van der Waals surface area contributed by atoms with E-state index >= 15 is 0 Å². The van der Waals surface area contributed by atoms with Gasteiger partial charge in [-0.15, -0.1) is 0 Å². The van der Waals surface area contributed by atoms with Crippen LogP contribution in [0.3, 0.4) is 0 Å². The normalized spacial score (nSPS) is 28.3. The van der Waals surface area contributed by atoms with Gasteiger partial charge in [0.1, 0.15) is 5.75 Å². The van der Waals surface area contributed by atoms with E-state index in [1.54, 1.807) is 0 Å². The zero-order valence-corrected chi connectivity index (χ0v) is 53.3. The highest BCUT2D eigenvalue weighted by Gasteiger charge is 2.63. The van der Waals surface area contributed by atoms with Crippen LogP contribution in [0.15, 0.2) is 284 Å². The van der Waals surface area contributed by atoms with E-state index in [0.717, 1.165) is 44.3 Å². The van der Waals surface area contributed by atoms with Crippen LogP contribution < -0.4 is 30.4 Å². The third-order valence-electron chi connectivity index (χ3n) is 23.5. The summed E-state index contributed by atoms with van der Waals surface area (Å²) in [7, 11) is 0. The lowest BCUT2D eigenvalue weighted by molar-refractivity contribution is -0.00296. The quantitative estimate of drug-likeness (QED) is 0.120. The number of allylic oxidation sites excluding steroid dienone is 3. The van der Waals surface area contributed by atoms with Gasteiger partial charge in [-0.05, 0) is 170 Å². The molecule has 4 heterocycles. The summed E-state index contributed by atoms with van der Waals surface area (Å²) in [6, 6.07) is 98.7. The summed E-state index contributed by atoms with van der Waals surface area (Å²) in [5.41, 5.74) is 19.4. The molecule has 4 aliphatic heterocycles. The van der Waals surface area contributed by atoms with E-state index in [2.05, 4.69) is 304 Å². The number of hydrogen-bond acceptors (Lipinski definition) is 6. The molecule has 5 nitrogen and oxygen atoms in total. The second-order valence-electron chi connectivity index (χ2n) is 28.1. The summed E-state index contributed by atoms with van der Waals surface area (Å²) >= 11 is 2.33. The number of rotatable bonds is 11. The maximum atomic E-state index is 7.78. The fourth-order valence-corrected chi connectivity index (χ4v) is 21.9. The fraction of sp³-hybridized carbons (Fsp3) is 0.286. The van der Waals surface area contributed by atoms with E-state index in [4.69, 9.17) is 4.74 Å². The lowest BCUT2D eigenvalue weighted by atomic mass is 9.23. The Balaban J connectivity index is 0.805. The van der Waals surface area contributed by atoms with Crippen LogP contribution >= 0.6 is 11.8 Å². The molecule has 92 heavy (non-hydrogen) atoms.